The lowest BCUT2D eigenvalue weighted by Gasteiger charge is -2.17. The SMILES string of the molecule is CN(Cc1ccc(Cl)s1)S(=O)(=O)c1ncccc1NN. The monoisotopic (exact) mass is 332 g/mol. The van der Waals surface area contributed by atoms with Crippen LogP contribution in [0.25, 0.3) is 0 Å². The molecule has 20 heavy (non-hydrogen) atoms. The number of aromatic nitrogens is 1. The van der Waals surface area contributed by atoms with Crippen molar-refractivity contribution in [3.8, 4) is 0 Å². The smallest absolute Gasteiger partial charge is 0.262 e. The average Bonchev–Trinajstić information content (AvgIpc) is 2.84. The van der Waals surface area contributed by atoms with E-state index >= 15 is 0 Å². The maximum absolute atomic E-state index is 12.5. The minimum absolute atomic E-state index is 0.104. The van der Waals surface area contributed by atoms with E-state index in [0.29, 0.717) is 4.34 Å². The third kappa shape index (κ3) is 3.10. The highest BCUT2D eigenvalue weighted by Crippen LogP contribution is 2.26. The molecule has 2 heterocycles. The Labute approximate surface area is 126 Å². The zero-order valence-corrected chi connectivity index (χ0v) is 13.0. The molecule has 0 amide bonds. The number of hydrogen-bond acceptors (Lipinski definition) is 6. The predicted molar refractivity (Wildman–Crippen MR) is 80.0 cm³/mol. The van der Waals surface area contributed by atoms with Crippen molar-refractivity contribution in [1.29, 1.82) is 0 Å². The number of thiophene rings is 1. The van der Waals surface area contributed by atoms with Crippen LogP contribution in [-0.4, -0.2) is 24.8 Å². The van der Waals surface area contributed by atoms with Gasteiger partial charge < -0.3 is 5.43 Å². The Hall–Kier alpha value is -1.19. The van der Waals surface area contributed by atoms with Crippen molar-refractivity contribution in [3.63, 3.8) is 0 Å². The first-order valence-corrected chi connectivity index (χ1v) is 8.21. The van der Waals surface area contributed by atoms with Crippen LogP contribution in [0.3, 0.4) is 0 Å². The molecule has 0 saturated carbocycles. The van der Waals surface area contributed by atoms with Gasteiger partial charge in [0.25, 0.3) is 10.0 Å². The summed E-state index contributed by atoms with van der Waals surface area (Å²) in [5.74, 6) is 5.32. The van der Waals surface area contributed by atoms with E-state index in [4.69, 9.17) is 17.4 Å². The van der Waals surface area contributed by atoms with Crippen LogP contribution in [0.15, 0.2) is 35.5 Å². The maximum Gasteiger partial charge on any atom is 0.262 e. The lowest BCUT2D eigenvalue weighted by atomic mass is 10.4. The summed E-state index contributed by atoms with van der Waals surface area (Å²) in [7, 11) is -2.24. The van der Waals surface area contributed by atoms with Crippen molar-refractivity contribution in [2.45, 2.75) is 11.6 Å². The molecule has 2 aromatic rings. The fourth-order valence-corrected chi connectivity index (χ4v) is 4.02. The Morgan fingerprint density at radius 3 is 2.80 bits per heavy atom. The topological polar surface area (TPSA) is 88.3 Å². The van der Waals surface area contributed by atoms with Crippen LogP contribution in [0.5, 0.6) is 0 Å². The Morgan fingerprint density at radius 1 is 1.45 bits per heavy atom. The van der Waals surface area contributed by atoms with Crippen LogP contribution in [0, 0.1) is 0 Å². The van der Waals surface area contributed by atoms with E-state index in [9.17, 15) is 8.42 Å². The zero-order valence-electron chi connectivity index (χ0n) is 10.6. The maximum atomic E-state index is 12.5. The summed E-state index contributed by atoms with van der Waals surface area (Å²) in [6.07, 6.45) is 1.41. The number of nitrogens with one attached hydrogen (secondary N) is 1. The van der Waals surface area contributed by atoms with Gasteiger partial charge in [0.15, 0.2) is 5.03 Å². The van der Waals surface area contributed by atoms with Gasteiger partial charge in [-0.05, 0) is 24.3 Å². The first kappa shape index (κ1) is 15.2. The van der Waals surface area contributed by atoms with Gasteiger partial charge in [-0.15, -0.1) is 11.3 Å². The number of hydrazine groups is 1. The second-order valence-corrected chi connectivity index (χ2v) is 7.73. The molecule has 0 saturated heterocycles. The number of nitrogen functional groups attached to an aromatic ring is 1. The minimum atomic E-state index is -3.73. The molecule has 0 fully saturated rings. The number of anilines is 1. The van der Waals surface area contributed by atoms with Gasteiger partial charge in [-0.1, -0.05) is 11.6 Å². The number of sulfonamides is 1. The highest BCUT2D eigenvalue weighted by Gasteiger charge is 2.25. The largest absolute Gasteiger partial charge is 0.321 e. The Morgan fingerprint density at radius 2 is 2.20 bits per heavy atom. The first-order chi connectivity index (χ1) is 9.45. The summed E-state index contributed by atoms with van der Waals surface area (Å²) in [4.78, 5) is 4.74. The molecule has 0 unspecified atom stereocenters. The molecule has 0 aromatic carbocycles. The van der Waals surface area contributed by atoms with Gasteiger partial charge in [0.2, 0.25) is 0 Å². The summed E-state index contributed by atoms with van der Waals surface area (Å²) in [6.45, 7) is 0.223. The highest BCUT2D eigenvalue weighted by molar-refractivity contribution is 7.89. The summed E-state index contributed by atoms with van der Waals surface area (Å²) in [5, 5.41) is -0.104. The molecule has 0 bridgehead atoms. The molecule has 2 aromatic heterocycles. The van der Waals surface area contributed by atoms with Gasteiger partial charge in [0, 0.05) is 24.7 Å². The standard InChI is InChI=1S/C11H13ClN4O2S2/c1-16(7-8-4-5-10(12)19-8)20(17,18)11-9(15-13)3-2-6-14-11/h2-6,15H,7,13H2,1H3. The zero-order chi connectivity index (χ0) is 14.8. The van der Waals surface area contributed by atoms with E-state index in [-0.39, 0.29) is 17.3 Å². The number of nitrogens with two attached hydrogens (primary N) is 1. The average molecular weight is 333 g/mol. The second kappa shape index (κ2) is 6.06. The van der Waals surface area contributed by atoms with E-state index in [0.717, 1.165) is 4.88 Å². The number of rotatable bonds is 5. The lowest BCUT2D eigenvalue weighted by Crippen LogP contribution is -2.28. The van der Waals surface area contributed by atoms with E-state index in [1.54, 1.807) is 24.3 Å². The van der Waals surface area contributed by atoms with E-state index in [2.05, 4.69) is 10.4 Å². The Bertz CT molecular complexity index is 702. The van der Waals surface area contributed by atoms with Gasteiger partial charge in [-0.3, -0.25) is 5.84 Å². The van der Waals surface area contributed by atoms with Crippen LogP contribution in [0.4, 0.5) is 5.69 Å². The van der Waals surface area contributed by atoms with Crippen LogP contribution in [-0.2, 0) is 16.6 Å². The molecule has 2 rings (SSSR count). The van der Waals surface area contributed by atoms with Gasteiger partial charge in [0.1, 0.15) is 0 Å². The summed E-state index contributed by atoms with van der Waals surface area (Å²) >= 11 is 7.17. The van der Waals surface area contributed by atoms with Gasteiger partial charge in [0.05, 0.1) is 10.0 Å². The van der Waals surface area contributed by atoms with Gasteiger partial charge in [-0.25, -0.2) is 13.4 Å². The van der Waals surface area contributed by atoms with E-state index in [1.165, 1.54) is 28.9 Å². The third-order valence-electron chi connectivity index (χ3n) is 2.59. The third-order valence-corrected chi connectivity index (χ3v) is 5.57. The fourth-order valence-electron chi connectivity index (χ4n) is 1.59. The van der Waals surface area contributed by atoms with Crippen molar-refractivity contribution in [2.75, 3.05) is 12.5 Å². The molecule has 0 aliphatic heterocycles. The molecule has 6 nitrogen and oxygen atoms in total. The summed E-state index contributed by atoms with van der Waals surface area (Å²) in [5.41, 5.74) is 2.59. The fraction of sp³-hybridized carbons (Fsp3) is 0.182. The number of pyridine rings is 1. The van der Waals surface area contributed by atoms with Crippen LogP contribution < -0.4 is 11.3 Å². The van der Waals surface area contributed by atoms with Gasteiger partial charge >= 0.3 is 0 Å². The van der Waals surface area contributed by atoms with Crippen LogP contribution in [0.2, 0.25) is 4.34 Å². The Balaban J connectivity index is 2.29. The molecular weight excluding hydrogens is 320 g/mol. The van der Waals surface area contributed by atoms with Crippen molar-refractivity contribution in [1.82, 2.24) is 9.29 Å². The summed E-state index contributed by atoms with van der Waals surface area (Å²) in [6, 6.07) is 6.68. The van der Waals surface area contributed by atoms with Crippen LogP contribution in [0.1, 0.15) is 4.88 Å². The quantitative estimate of drug-likeness (QED) is 0.645. The minimum Gasteiger partial charge on any atom is -0.321 e. The molecule has 0 atom stereocenters. The molecular formula is C11H13ClN4O2S2. The Kier molecular flexibility index (Phi) is 4.61. The van der Waals surface area contributed by atoms with Crippen LogP contribution >= 0.6 is 22.9 Å². The molecule has 3 N–H and O–H groups in total. The molecule has 0 spiro atoms. The molecule has 108 valence electrons. The first-order valence-electron chi connectivity index (χ1n) is 5.57. The lowest BCUT2D eigenvalue weighted by molar-refractivity contribution is 0.467. The molecule has 9 heteroatoms. The molecule has 0 aliphatic rings. The number of halogens is 1. The van der Waals surface area contributed by atoms with Crippen molar-refractivity contribution in [3.05, 3.63) is 39.7 Å². The molecule has 0 aliphatic carbocycles. The molecule has 0 radical (unpaired) electrons. The number of hydrogen-bond donors (Lipinski definition) is 2. The van der Waals surface area contributed by atoms with Crippen molar-refractivity contribution in [2.24, 2.45) is 5.84 Å². The van der Waals surface area contributed by atoms with Crippen molar-refractivity contribution < 1.29 is 8.42 Å². The van der Waals surface area contributed by atoms with E-state index < -0.39 is 10.0 Å². The van der Waals surface area contributed by atoms with E-state index in [1.807, 2.05) is 0 Å². The van der Waals surface area contributed by atoms with Gasteiger partial charge in [-0.2, -0.15) is 4.31 Å². The highest BCUT2D eigenvalue weighted by atomic mass is 35.5. The van der Waals surface area contributed by atoms with Crippen molar-refractivity contribution >= 4 is 38.6 Å². The normalized spacial score (nSPS) is 11.8. The summed E-state index contributed by atoms with van der Waals surface area (Å²) < 4.78 is 26.8. The number of nitrogens with zero attached hydrogens (tertiary/aromatic N) is 2. The second-order valence-electron chi connectivity index (χ2n) is 3.97. The predicted octanol–water partition coefficient (Wildman–Crippen LogP) is 1.90.